The molecule has 3 rings (SSSR count). The van der Waals surface area contributed by atoms with Gasteiger partial charge in [0, 0.05) is 36.9 Å². The van der Waals surface area contributed by atoms with Crippen LogP contribution in [0, 0.1) is 6.92 Å². The van der Waals surface area contributed by atoms with Crippen molar-refractivity contribution in [3.8, 4) is 5.75 Å². The average molecular weight is 417 g/mol. The summed E-state index contributed by atoms with van der Waals surface area (Å²) in [5, 5.41) is 16.0. The van der Waals surface area contributed by atoms with E-state index in [9.17, 15) is 14.7 Å². The van der Waals surface area contributed by atoms with Crippen molar-refractivity contribution >= 4 is 34.8 Å². The predicted octanol–water partition coefficient (Wildman–Crippen LogP) is 2.23. The number of piperazine rings is 1. The number of amides is 2. The summed E-state index contributed by atoms with van der Waals surface area (Å²) in [6.07, 6.45) is 0. The molecule has 2 aromatic carbocycles. The van der Waals surface area contributed by atoms with Crippen LogP contribution >= 0.6 is 11.6 Å². The third kappa shape index (κ3) is 5.62. The lowest BCUT2D eigenvalue weighted by atomic mass is 10.2. The molecule has 1 heterocycles. The van der Waals surface area contributed by atoms with E-state index < -0.39 is 0 Å². The summed E-state index contributed by atoms with van der Waals surface area (Å²) in [5.41, 5.74) is 2.23. The van der Waals surface area contributed by atoms with Crippen molar-refractivity contribution in [2.75, 3.05) is 49.5 Å². The zero-order valence-electron chi connectivity index (χ0n) is 16.3. The Bertz CT molecular complexity index is 882. The molecule has 154 valence electrons. The molecule has 29 heavy (non-hydrogen) atoms. The van der Waals surface area contributed by atoms with Crippen LogP contribution in [0.4, 0.5) is 11.4 Å². The maximum absolute atomic E-state index is 12.2. The Balaban J connectivity index is 1.41. The molecule has 0 spiro atoms. The van der Waals surface area contributed by atoms with Crippen LogP contribution in [0.15, 0.2) is 42.5 Å². The largest absolute Gasteiger partial charge is 0.506 e. The fourth-order valence-electron chi connectivity index (χ4n) is 3.25. The van der Waals surface area contributed by atoms with Crippen LogP contribution in [-0.4, -0.2) is 61.1 Å². The minimum absolute atomic E-state index is 0.0946. The highest BCUT2D eigenvalue weighted by molar-refractivity contribution is 6.31. The maximum Gasteiger partial charge on any atom is 0.243 e. The van der Waals surface area contributed by atoms with Crippen LogP contribution in [0.2, 0.25) is 5.02 Å². The van der Waals surface area contributed by atoms with Gasteiger partial charge in [-0.05, 0) is 36.8 Å². The molecule has 0 radical (unpaired) electrons. The van der Waals surface area contributed by atoms with Crippen molar-refractivity contribution in [2.45, 2.75) is 6.92 Å². The molecule has 0 aliphatic carbocycles. The summed E-state index contributed by atoms with van der Waals surface area (Å²) in [7, 11) is 0. The second-order valence-electron chi connectivity index (χ2n) is 6.99. The quantitative estimate of drug-likeness (QED) is 0.672. The first-order valence-electron chi connectivity index (χ1n) is 9.51. The maximum atomic E-state index is 12.2. The molecule has 2 aromatic rings. The van der Waals surface area contributed by atoms with Gasteiger partial charge < -0.3 is 20.6 Å². The van der Waals surface area contributed by atoms with E-state index >= 15 is 0 Å². The summed E-state index contributed by atoms with van der Waals surface area (Å²) < 4.78 is 0. The Labute approximate surface area is 175 Å². The first-order valence-corrected chi connectivity index (χ1v) is 9.89. The van der Waals surface area contributed by atoms with Crippen molar-refractivity contribution in [1.29, 1.82) is 0 Å². The number of hydrogen-bond donors (Lipinski definition) is 3. The number of phenols is 1. The van der Waals surface area contributed by atoms with Gasteiger partial charge in [-0.25, -0.2) is 0 Å². The van der Waals surface area contributed by atoms with Crippen molar-refractivity contribution in [3.63, 3.8) is 0 Å². The van der Waals surface area contributed by atoms with Gasteiger partial charge in [0.05, 0.1) is 18.8 Å². The van der Waals surface area contributed by atoms with Gasteiger partial charge in [0.15, 0.2) is 0 Å². The van der Waals surface area contributed by atoms with Gasteiger partial charge in [-0.1, -0.05) is 29.8 Å². The predicted molar refractivity (Wildman–Crippen MR) is 115 cm³/mol. The molecule has 0 bridgehead atoms. The Hall–Kier alpha value is -2.77. The van der Waals surface area contributed by atoms with Gasteiger partial charge in [-0.3, -0.25) is 14.5 Å². The van der Waals surface area contributed by atoms with Crippen molar-refractivity contribution in [1.82, 2.24) is 10.2 Å². The van der Waals surface area contributed by atoms with Crippen LogP contribution in [0.5, 0.6) is 5.75 Å². The van der Waals surface area contributed by atoms with Crippen molar-refractivity contribution < 1.29 is 14.7 Å². The Morgan fingerprint density at radius 1 is 1.03 bits per heavy atom. The number of rotatable bonds is 6. The van der Waals surface area contributed by atoms with Gasteiger partial charge in [-0.2, -0.15) is 0 Å². The molecule has 0 saturated carbocycles. The average Bonchev–Trinajstić information content (AvgIpc) is 2.71. The summed E-state index contributed by atoms with van der Waals surface area (Å²) >= 11 is 6.05. The van der Waals surface area contributed by atoms with E-state index in [0.717, 1.165) is 24.3 Å². The SMILES string of the molecule is Cc1c(Cl)cccc1NC(=O)CNC(=O)CN1CCN(c2ccccc2O)CC1. The van der Waals surface area contributed by atoms with E-state index in [-0.39, 0.29) is 30.7 Å². The number of nitrogens with one attached hydrogen (secondary N) is 2. The topological polar surface area (TPSA) is 84.9 Å². The summed E-state index contributed by atoms with van der Waals surface area (Å²) in [6, 6.07) is 12.5. The van der Waals surface area contributed by atoms with E-state index in [1.165, 1.54) is 0 Å². The minimum Gasteiger partial charge on any atom is -0.506 e. The number of anilines is 2. The number of phenolic OH excluding ortho intramolecular Hbond substituents is 1. The number of nitrogens with zero attached hydrogens (tertiary/aromatic N) is 2. The first-order chi connectivity index (χ1) is 13.9. The van der Waals surface area contributed by atoms with E-state index in [1.807, 2.05) is 24.0 Å². The third-order valence-corrected chi connectivity index (χ3v) is 5.36. The number of halogens is 1. The highest BCUT2D eigenvalue weighted by Crippen LogP contribution is 2.27. The van der Waals surface area contributed by atoms with E-state index in [1.54, 1.807) is 30.3 Å². The highest BCUT2D eigenvalue weighted by Gasteiger charge is 2.21. The van der Waals surface area contributed by atoms with Crippen LogP contribution in [0.1, 0.15) is 5.56 Å². The van der Waals surface area contributed by atoms with E-state index in [0.29, 0.717) is 23.8 Å². The fraction of sp³-hybridized carbons (Fsp3) is 0.333. The molecule has 8 heteroatoms. The number of para-hydroxylation sites is 2. The molecule has 1 fully saturated rings. The molecule has 0 unspecified atom stereocenters. The summed E-state index contributed by atoms with van der Waals surface area (Å²) in [5.74, 6) is -0.230. The van der Waals surface area contributed by atoms with Gasteiger partial charge >= 0.3 is 0 Å². The van der Waals surface area contributed by atoms with Gasteiger partial charge in [0.2, 0.25) is 11.8 Å². The lowest BCUT2D eigenvalue weighted by Gasteiger charge is -2.35. The molecule has 0 aromatic heterocycles. The van der Waals surface area contributed by atoms with Crippen molar-refractivity contribution in [2.24, 2.45) is 0 Å². The standard InChI is InChI=1S/C21H25ClN4O3/c1-15-16(22)5-4-6-17(15)24-20(28)13-23-21(29)14-25-9-11-26(12-10-25)18-7-2-3-8-19(18)27/h2-8,27H,9-14H2,1H3,(H,23,29)(H,24,28). The van der Waals surface area contributed by atoms with Gasteiger partial charge in [-0.15, -0.1) is 0 Å². The monoisotopic (exact) mass is 416 g/mol. The minimum atomic E-state index is -0.298. The second kappa shape index (κ2) is 9.62. The summed E-state index contributed by atoms with van der Waals surface area (Å²) in [4.78, 5) is 28.4. The Morgan fingerprint density at radius 2 is 1.76 bits per heavy atom. The van der Waals surface area contributed by atoms with Gasteiger partial charge in [0.1, 0.15) is 5.75 Å². The van der Waals surface area contributed by atoms with E-state index in [4.69, 9.17) is 11.6 Å². The van der Waals surface area contributed by atoms with Crippen LogP contribution < -0.4 is 15.5 Å². The first kappa shape index (κ1) is 21.0. The molecule has 1 saturated heterocycles. The van der Waals surface area contributed by atoms with Crippen molar-refractivity contribution in [3.05, 3.63) is 53.1 Å². The molecule has 0 atom stereocenters. The molecule has 3 N–H and O–H groups in total. The van der Waals surface area contributed by atoms with Crippen LogP contribution in [0.3, 0.4) is 0 Å². The highest BCUT2D eigenvalue weighted by atomic mass is 35.5. The fourth-order valence-corrected chi connectivity index (χ4v) is 3.43. The zero-order chi connectivity index (χ0) is 20.8. The molecule has 7 nitrogen and oxygen atoms in total. The lowest BCUT2D eigenvalue weighted by Crippen LogP contribution is -2.50. The lowest BCUT2D eigenvalue weighted by molar-refractivity contribution is -0.125. The molecule has 1 aliphatic heterocycles. The number of carbonyl (C=O) groups excluding carboxylic acids is 2. The third-order valence-electron chi connectivity index (χ3n) is 4.95. The smallest absolute Gasteiger partial charge is 0.243 e. The summed E-state index contributed by atoms with van der Waals surface area (Å²) in [6.45, 7) is 4.82. The van der Waals surface area contributed by atoms with E-state index in [2.05, 4.69) is 15.5 Å². The second-order valence-corrected chi connectivity index (χ2v) is 7.40. The molecular weight excluding hydrogens is 392 g/mol. The van der Waals surface area contributed by atoms with Crippen LogP contribution in [-0.2, 0) is 9.59 Å². The molecule has 2 amide bonds. The number of benzene rings is 2. The van der Waals surface area contributed by atoms with Crippen LogP contribution in [0.25, 0.3) is 0 Å². The molecular formula is C21H25ClN4O3. The zero-order valence-corrected chi connectivity index (χ0v) is 17.1. The number of aromatic hydroxyl groups is 1. The Morgan fingerprint density at radius 3 is 2.48 bits per heavy atom. The number of hydrogen-bond acceptors (Lipinski definition) is 5. The normalized spacial score (nSPS) is 14.5. The van der Waals surface area contributed by atoms with Gasteiger partial charge in [0.25, 0.3) is 0 Å². The molecule has 1 aliphatic rings. The number of carbonyl (C=O) groups is 2. The Kier molecular flexibility index (Phi) is 6.95.